The molecule has 6 nitrogen and oxygen atoms in total. The zero-order chi connectivity index (χ0) is 18.6. The highest BCUT2D eigenvalue weighted by Crippen LogP contribution is 2.20. The first kappa shape index (κ1) is 18.0. The maximum absolute atomic E-state index is 12.4. The molecule has 0 aromatic heterocycles. The fourth-order valence-electron chi connectivity index (χ4n) is 2.28. The van der Waals surface area contributed by atoms with Crippen molar-refractivity contribution in [2.75, 3.05) is 11.8 Å². The van der Waals surface area contributed by atoms with E-state index in [1.165, 1.54) is 18.2 Å². The maximum Gasteiger partial charge on any atom is 0.261 e. The molecule has 0 atom stereocenters. The molecule has 1 aliphatic carbocycles. The summed E-state index contributed by atoms with van der Waals surface area (Å²) in [4.78, 5) is 11.8. The Hall–Kier alpha value is -2.80. The van der Waals surface area contributed by atoms with Crippen LogP contribution in [0.15, 0.2) is 59.5 Å². The van der Waals surface area contributed by atoms with Gasteiger partial charge in [-0.1, -0.05) is 12.1 Å². The molecule has 0 unspecified atom stereocenters. The second-order valence-corrected chi connectivity index (χ2v) is 7.70. The number of hydrogen-bond donors (Lipinski definition) is 2. The summed E-state index contributed by atoms with van der Waals surface area (Å²) in [6.07, 6.45) is 5.18. The second-order valence-electron chi connectivity index (χ2n) is 6.02. The molecule has 2 N–H and O–H groups in total. The quantitative estimate of drug-likeness (QED) is 0.732. The van der Waals surface area contributed by atoms with Crippen molar-refractivity contribution < 1.29 is 17.9 Å². The van der Waals surface area contributed by atoms with E-state index in [0.29, 0.717) is 17.5 Å². The van der Waals surface area contributed by atoms with Crippen LogP contribution < -0.4 is 14.8 Å². The predicted molar refractivity (Wildman–Crippen MR) is 100 cm³/mol. The van der Waals surface area contributed by atoms with Crippen molar-refractivity contribution in [3.05, 3.63) is 60.2 Å². The molecule has 0 heterocycles. The van der Waals surface area contributed by atoms with Gasteiger partial charge in [-0.05, 0) is 60.9 Å². The zero-order valence-electron chi connectivity index (χ0n) is 14.3. The average molecular weight is 372 g/mol. The van der Waals surface area contributed by atoms with Crippen molar-refractivity contribution in [2.24, 2.45) is 0 Å². The Morgan fingerprint density at radius 2 is 1.73 bits per heavy atom. The summed E-state index contributed by atoms with van der Waals surface area (Å²) in [6.45, 7) is 0. The number of anilines is 1. The summed E-state index contributed by atoms with van der Waals surface area (Å²) < 4.78 is 32.4. The molecule has 136 valence electrons. The first-order valence-corrected chi connectivity index (χ1v) is 9.70. The lowest BCUT2D eigenvalue weighted by molar-refractivity contribution is -0.116. The van der Waals surface area contributed by atoms with Crippen LogP contribution in [0.4, 0.5) is 5.69 Å². The molecule has 1 saturated carbocycles. The van der Waals surface area contributed by atoms with Crippen LogP contribution in [0.2, 0.25) is 0 Å². The number of rotatable bonds is 7. The van der Waals surface area contributed by atoms with Gasteiger partial charge < -0.3 is 10.1 Å². The second kappa shape index (κ2) is 7.61. The van der Waals surface area contributed by atoms with Gasteiger partial charge in [0.2, 0.25) is 5.91 Å². The van der Waals surface area contributed by atoms with Crippen LogP contribution in [0, 0.1) is 0 Å². The van der Waals surface area contributed by atoms with E-state index in [0.717, 1.165) is 18.4 Å². The minimum atomic E-state index is -3.68. The molecule has 0 radical (unpaired) electrons. The molecule has 26 heavy (non-hydrogen) atoms. The monoisotopic (exact) mass is 372 g/mol. The molecule has 7 heteroatoms. The molecule has 1 fully saturated rings. The fourth-order valence-corrected chi connectivity index (χ4v) is 3.34. The van der Waals surface area contributed by atoms with E-state index >= 15 is 0 Å². The van der Waals surface area contributed by atoms with Gasteiger partial charge in [0.1, 0.15) is 5.75 Å². The van der Waals surface area contributed by atoms with Crippen LogP contribution in [0.3, 0.4) is 0 Å². The van der Waals surface area contributed by atoms with Crippen LogP contribution in [0.25, 0.3) is 6.08 Å². The van der Waals surface area contributed by atoms with Crippen molar-refractivity contribution in [3.8, 4) is 5.75 Å². The van der Waals surface area contributed by atoms with Gasteiger partial charge in [0, 0.05) is 17.8 Å². The van der Waals surface area contributed by atoms with E-state index in [2.05, 4.69) is 10.0 Å². The third kappa shape index (κ3) is 4.86. The number of hydrogen-bond acceptors (Lipinski definition) is 4. The molecule has 1 aliphatic rings. The molecule has 1 amide bonds. The van der Waals surface area contributed by atoms with E-state index in [4.69, 9.17) is 4.74 Å². The number of methoxy groups -OCH3 is 1. The number of ether oxygens (including phenoxy) is 1. The molecule has 3 rings (SSSR count). The lowest BCUT2D eigenvalue weighted by atomic mass is 10.2. The van der Waals surface area contributed by atoms with E-state index in [9.17, 15) is 13.2 Å². The summed E-state index contributed by atoms with van der Waals surface area (Å²) in [5.74, 6) is 0.514. The Morgan fingerprint density at radius 3 is 2.31 bits per heavy atom. The van der Waals surface area contributed by atoms with E-state index in [1.54, 1.807) is 49.6 Å². The predicted octanol–water partition coefficient (Wildman–Crippen LogP) is 2.79. The highest BCUT2D eigenvalue weighted by atomic mass is 32.2. The largest absolute Gasteiger partial charge is 0.497 e. The SMILES string of the molecule is COc1ccc(NS(=O)(=O)c2ccc(C=CC(=O)NC3CC3)cc2)cc1. The van der Waals surface area contributed by atoms with Crippen molar-refractivity contribution in [1.29, 1.82) is 0 Å². The van der Waals surface area contributed by atoms with Crippen LogP contribution in [0.5, 0.6) is 5.75 Å². The minimum Gasteiger partial charge on any atom is -0.497 e. The average Bonchev–Trinajstić information content (AvgIpc) is 3.44. The highest BCUT2D eigenvalue weighted by Gasteiger charge is 2.22. The van der Waals surface area contributed by atoms with Crippen molar-refractivity contribution in [1.82, 2.24) is 5.32 Å². The fraction of sp³-hybridized carbons (Fsp3) is 0.211. The summed E-state index contributed by atoms with van der Waals surface area (Å²) >= 11 is 0. The lowest BCUT2D eigenvalue weighted by Gasteiger charge is -2.09. The number of nitrogens with one attached hydrogen (secondary N) is 2. The number of amides is 1. The summed E-state index contributed by atoms with van der Waals surface area (Å²) in [5, 5.41) is 2.85. The zero-order valence-corrected chi connectivity index (χ0v) is 15.1. The Morgan fingerprint density at radius 1 is 1.08 bits per heavy atom. The van der Waals surface area contributed by atoms with Gasteiger partial charge in [0.15, 0.2) is 0 Å². The number of benzene rings is 2. The molecule has 0 spiro atoms. The standard InChI is InChI=1S/C19H20N2O4S/c1-25-17-9-7-16(8-10-17)21-26(23,24)18-11-2-14(3-12-18)4-13-19(22)20-15-5-6-15/h2-4,7-13,15,21H,5-6H2,1H3,(H,20,22). The van der Waals surface area contributed by atoms with E-state index < -0.39 is 10.0 Å². The number of carbonyl (C=O) groups is 1. The third-order valence-corrected chi connectivity index (χ3v) is 5.28. The first-order valence-electron chi connectivity index (χ1n) is 8.22. The van der Waals surface area contributed by atoms with E-state index in [1.807, 2.05) is 0 Å². The van der Waals surface area contributed by atoms with Gasteiger partial charge in [-0.15, -0.1) is 0 Å². The maximum atomic E-state index is 12.4. The van der Waals surface area contributed by atoms with Gasteiger partial charge in [-0.2, -0.15) is 0 Å². The van der Waals surface area contributed by atoms with Gasteiger partial charge >= 0.3 is 0 Å². The van der Waals surface area contributed by atoms with Crippen molar-refractivity contribution in [3.63, 3.8) is 0 Å². The minimum absolute atomic E-state index is 0.134. The van der Waals surface area contributed by atoms with Crippen LogP contribution in [-0.2, 0) is 14.8 Å². The molecular weight excluding hydrogens is 352 g/mol. The normalized spacial score (nSPS) is 14.2. The van der Waals surface area contributed by atoms with Crippen molar-refractivity contribution in [2.45, 2.75) is 23.8 Å². The number of carbonyl (C=O) groups excluding carboxylic acids is 1. The van der Waals surface area contributed by atoms with Gasteiger partial charge in [0.25, 0.3) is 10.0 Å². The molecule has 0 saturated heterocycles. The van der Waals surface area contributed by atoms with Crippen LogP contribution in [-0.4, -0.2) is 27.5 Å². The first-order chi connectivity index (χ1) is 12.5. The van der Waals surface area contributed by atoms with Gasteiger partial charge in [0.05, 0.1) is 12.0 Å². The summed E-state index contributed by atoms with van der Waals surface area (Å²) in [6, 6.07) is 13.2. The summed E-state index contributed by atoms with van der Waals surface area (Å²) in [5.41, 5.74) is 1.20. The smallest absolute Gasteiger partial charge is 0.261 e. The third-order valence-electron chi connectivity index (χ3n) is 3.88. The summed E-state index contributed by atoms with van der Waals surface area (Å²) in [7, 11) is -2.14. The Kier molecular flexibility index (Phi) is 5.27. The lowest BCUT2D eigenvalue weighted by Crippen LogP contribution is -2.22. The topological polar surface area (TPSA) is 84.5 Å². The molecule has 0 aliphatic heterocycles. The molecule has 2 aromatic carbocycles. The molecular formula is C19H20N2O4S. The van der Waals surface area contributed by atoms with Crippen molar-refractivity contribution >= 4 is 27.7 Å². The van der Waals surface area contributed by atoms with Crippen LogP contribution in [0.1, 0.15) is 18.4 Å². The van der Waals surface area contributed by atoms with E-state index in [-0.39, 0.29) is 10.8 Å². The Labute approximate surface area is 152 Å². The Bertz CT molecular complexity index is 900. The molecule has 0 bridgehead atoms. The van der Waals surface area contributed by atoms with Crippen LogP contribution >= 0.6 is 0 Å². The van der Waals surface area contributed by atoms with Gasteiger partial charge in [-0.3, -0.25) is 9.52 Å². The number of sulfonamides is 1. The highest BCUT2D eigenvalue weighted by molar-refractivity contribution is 7.92. The van der Waals surface area contributed by atoms with Gasteiger partial charge in [-0.25, -0.2) is 8.42 Å². The Balaban J connectivity index is 1.65. The molecule has 2 aromatic rings.